The van der Waals surface area contributed by atoms with Crippen LogP contribution in [0.25, 0.3) is 0 Å². The van der Waals surface area contributed by atoms with Crippen LogP contribution in [-0.4, -0.2) is 18.1 Å². The maximum Gasteiger partial charge on any atom is 0.133 e. The summed E-state index contributed by atoms with van der Waals surface area (Å²) >= 11 is 0. The summed E-state index contributed by atoms with van der Waals surface area (Å²) in [5.41, 5.74) is 4.81. The third kappa shape index (κ3) is 4.05. The SMILES string of the molecule is CCNCc1cc(C)nc(N(CC)c2cccc(C)c2)c1. The number of hydrogen-bond acceptors (Lipinski definition) is 3. The highest BCUT2D eigenvalue weighted by molar-refractivity contribution is 5.61. The van der Waals surface area contributed by atoms with E-state index in [-0.39, 0.29) is 0 Å². The molecular formula is C18H25N3. The number of nitrogens with zero attached hydrogens (tertiary/aromatic N) is 2. The Kier molecular flexibility index (Phi) is 5.34. The van der Waals surface area contributed by atoms with Gasteiger partial charge in [-0.15, -0.1) is 0 Å². The van der Waals surface area contributed by atoms with Crippen LogP contribution in [0.3, 0.4) is 0 Å². The predicted molar refractivity (Wildman–Crippen MR) is 90.2 cm³/mol. The highest BCUT2D eigenvalue weighted by Gasteiger charge is 2.10. The summed E-state index contributed by atoms with van der Waals surface area (Å²) in [7, 11) is 0. The monoisotopic (exact) mass is 283 g/mol. The Bertz CT molecular complexity index is 593. The smallest absolute Gasteiger partial charge is 0.133 e. The van der Waals surface area contributed by atoms with Crippen molar-refractivity contribution < 1.29 is 0 Å². The van der Waals surface area contributed by atoms with Gasteiger partial charge in [0.15, 0.2) is 0 Å². The van der Waals surface area contributed by atoms with Gasteiger partial charge in [-0.2, -0.15) is 0 Å². The van der Waals surface area contributed by atoms with E-state index in [0.717, 1.165) is 31.1 Å². The van der Waals surface area contributed by atoms with Gasteiger partial charge in [0.25, 0.3) is 0 Å². The molecule has 2 aromatic rings. The number of hydrogen-bond donors (Lipinski definition) is 1. The standard InChI is InChI=1S/C18H25N3/c1-5-19-13-16-11-15(4)20-18(12-16)21(6-2)17-9-7-8-14(3)10-17/h7-12,19H,5-6,13H2,1-4H3. The Morgan fingerprint density at radius 2 is 1.90 bits per heavy atom. The molecule has 1 aromatic carbocycles. The number of aromatic nitrogens is 1. The molecule has 2 rings (SSSR count). The average molecular weight is 283 g/mol. The van der Waals surface area contributed by atoms with Crippen LogP contribution in [0.4, 0.5) is 11.5 Å². The highest BCUT2D eigenvalue weighted by atomic mass is 15.2. The average Bonchev–Trinajstić information content (AvgIpc) is 2.45. The molecule has 0 aliphatic carbocycles. The summed E-state index contributed by atoms with van der Waals surface area (Å²) in [6.07, 6.45) is 0. The Balaban J connectivity index is 2.35. The number of rotatable bonds is 6. The van der Waals surface area contributed by atoms with E-state index in [1.165, 1.54) is 16.8 Å². The Labute approximate surface area is 128 Å². The predicted octanol–water partition coefficient (Wildman–Crippen LogP) is 3.97. The van der Waals surface area contributed by atoms with E-state index in [1.54, 1.807) is 0 Å². The van der Waals surface area contributed by atoms with Gasteiger partial charge in [-0.1, -0.05) is 19.1 Å². The molecule has 0 radical (unpaired) electrons. The Hall–Kier alpha value is -1.87. The molecule has 21 heavy (non-hydrogen) atoms. The maximum absolute atomic E-state index is 4.72. The summed E-state index contributed by atoms with van der Waals surface area (Å²) in [6, 6.07) is 12.9. The summed E-state index contributed by atoms with van der Waals surface area (Å²) in [4.78, 5) is 6.98. The molecule has 1 N–H and O–H groups in total. The lowest BCUT2D eigenvalue weighted by Gasteiger charge is -2.23. The van der Waals surface area contributed by atoms with Gasteiger partial charge in [-0.05, 0) is 62.7 Å². The van der Waals surface area contributed by atoms with E-state index in [1.807, 2.05) is 0 Å². The minimum atomic E-state index is 0.887. The van der Waals surface area contributed by atoms with E-state index in [4.69, 9.17) is 4.98 Å². The van der Waals surface area contributed by atoms with Crippen molar-refractivity contribution in [3.05, 3.63) is 53.2 Å². The van der Waals surface area contributed by atoms with Gasteiger partial charge in [0, 0.05) is 24.5 Å². The van der Waals surface area contributed by atoms with Crippen LogP contribution in [0.2, 0.25) is 0 Å². The normalized spacial score (nSPS) is 10.7. The van der Waals surface area contributed by atoms with Gasteiger partial charge in [-0.3, -0.25) is 0 Å². The summed E-state index contributed by atoms with van der Waals surface area (Å²) in [5, 5.41) is 3.38. The van der Waals surface area contributed by atoms with Gasteiger partial charge < -0.3 is 10.2 Å². The first kappa shape index (κ1) is 15.5. The second-order valence-corrected chi connectivity index (χ2v) is 5.34. The van der Waals surface area contributed by atoms with Crippen molar-refractivity contribution in [2.24, 2.45) is 0 Å². The Morgan fingerprint density at radius 3 is 2.57 bits per heavy atom. The molecule has 0 saturated carbocycles. The van der Waals surface area contributed by atoms with Crippen molar-refractivity contribution in [3.8, 4) is 0 Å². The molecular weight excluding hydrogens is 258 g/mol. The summed E-state index contributed by atoms with van der Waals surface area (Å²) < 4.78 is 0. The van der Waals surface area contributed by atoms with Crippen LogP contribution in [0.15, 0.2) is 36.4 Å². The zero-order valence-corrected chi connectivity index (χ0v) is 13.5. The third-order valence-corrected chi connectivity index (χ3v) is 3.48. The molecule has 1 heterocycles. The molecule has 112 valence electrons. The molecule has 3 nitrogen and oxygen atoms in total. The number of benzene rings is 1. The fourth-order valence-electron chi connectivity index (χ4n) is 2.50. The van der Waals surface area contributed by atoms with Crippen molar-refractivity contribution in [3.63, 3.8) is 0 Å². The number of pyridine rings is 1. The van der Waals surface area contributed by atoms with Gasteiger partial charge in [0.1, 0.15) is 5.82 Å². The largest absolute Gasteiger partial charge is 0.327 e. The van der Waals surface area contributed by atoms with Crippen molar-refractivity contribution in [2.45, 2.75) is 34.2 Å². The molecule has 0 amide bonds. The molecule has 0 aliphatic rings. The zero-order valence-electron chi connectivity index (χ0n) is 13.5. The van der Waals surface area contributed by atoms with E-state index < -0.39 is 0 Å². The molecule has 0 saturated heterocycles. The van der Waals surface area contributed by atoms with Gasteiger partial charge in [0.2, 0.25) is 0 Å². The van der Waals surface area contributed by atoms with Gasteiger partial charge >= 0.3 is 0 Å². The van der Waals surface area contributed by atoms with Gasteiger partial charge in [-0.25, -0.2) is 4.98 Å². The highest BCUT2D eigenvalue weighted by Crippen LogP contribution is 2.25. The molecule has 1 aromatic heterocycles. The van der Waals surface area contributed by atoms with Crippen LogP contribution < -0.4 is 10.2 Å². The summed E-state index contributed by atoms with van der Waals surface area (Å²) in [6.45, 7) is 11.2. The molecule has 0 atom stereocenters. The third-order valence-electron chi connectivity index (χ3n) is 3.48. The minimum absolute atomic E-state index is 0.887. The fraction of sp³-hybridized carbons (Fsp3) is 0.389. The van der Waals surface area contributed by atoms with Crippen molar-refractivity contribution >= 4 is 11.5 Å². The van der Waals surface area contributed by atoms with Crippen LogP contribution >= 0.6 is 0 Å². The molecule has 3 heteroatoms. The van der Waals surface area contributed by atoms with E-state index >= 15 is 0 Å². The summed E-state index contributed by atoms with van der Waals surface area (Å²) in [5.74, 6) is 1.02. The lowest BCUT2D eigenvalue weighted by atomic mass is 10.2. The van der Waals surface area contributed by atoms with Crippen LogP contribution in [0.5, 0.6) is 0 Å². The molecule has 0 aliphatic heterocycles. The van der Waals surface area contributed by atoms with Crippen LogP contribution in [0, 0.1) is 13.8 Å². The van der Waals surface area contributed by atoms with Crippen LogP contribution in [0.1, 0.15) is 30.7 Å². The topological polar surface area (TPSA) is 28.2 Å². The lowest BCUT2D eigenvalue weighted by Crippen LogP contribution is -2.19. The quantitative estimate of drug-likeness (QED) is 0.869. The van der Waals surface area contributed by atoms with Crippen LogP contribution in [-0.2, 0) is 6.54 Å². The molecule has 0 unspecified atom stereocenters. The molecule has 0 spiro atoms. The van der Waals surface area contributed by atoms with E-state index in [2.05, 4.69) is 74.3 Å². The first-order valence-electron chi connectivity index (χ1n) is 7.66. The molecule has 0 fully saturated rings. The molecule has 0 bridgehead atoms. The van der Waals surface area contributed by atoms with Crippen molar-refractivity contribution in [1.29, 1.82) is 0 Å². The fourth-order valence-corrected chi connectivity index (χ4v) is 2.50. The maximum atomic E-state index is 4.72. The zero-order chi connectivity index (χ0) is 15.2. The van der Waals surface area contributed by atoms with E-state index in [0.29, 0.717) is 0 Å². The van der Waals surface area contributed by atoms with Gasteiger partial charge in [0.05, 0.1) is 0 Å². The number of anilines is 2. The van der Waals surface area contributed by atoms with Crippen molar-refractivity contribution in [1.82, 2.24) is 10.3 Å². The lowest BCUT2D eigenvalue weighted by molar-refractivity contribution is 0.724. The first-order chi connectivity index (χ1) is 10.1. The first-order valence-corrected chi connectivity index (χ1v) is 7.66. The number of aryl methyl sites for hydroxylation is 2. The van der Waals surface area contributed by atoms with Crippen molar-refractivity contribution in [2.75, 3.05) is 18.0 Å². The second kappa shape index (κ2) is 7.23. The minimum Gasteiger partial charge on any atom is -0.327 e. The Morgan fingerprint density at radius 1 is 1.10 bits per heavy atom. The number of nitrogens with one attached hydrogen (secondary N) is 1. The van der Waals surface area contributed by atoms with E-state index in [9.17, 15) is 0 Å². The second-order valence-electron chi connectivity index (χ2n) is 5.34.